The van der Waals surface area contributed by atoms with Gasteiger partial charge in [-0.3, -0.25) is 9.59 Å². The average Bonchev–Trinajstić information content (AvgIpc) is 3.01. The van der Waals surface area contributed by atoms with Crippen molar-refractivity contribution in [2.75, 3.05) is 11.1 Å². The van der Waals surface area contributed by atoms with E-state index in [4.69, 9.17) is 9.47 Å². The maximum absolute atomic E-state index is 13.2. The molecule has 4 unspecified atom stereocenters. The van der Waals surface area contributed by atoms with Crippen LogP contribution >= 0.6 is 11.8 Å². The van der Waals surface area contributed by atoms with Crippen molar-refractivity contribution < 1.29 is 28.9 Å². The largest absolute Gasteiger partial charge is 0.618 e. The Labute approximate surface area is 248 Å². The first-order valence-corrected chi connectivity index (χ1v) is 14.6. The molecule has 1 saturated heterocycles. The average molecular weight is 585 g/mol. The van der Waals surface area contributed by atoms with Gasteiger partial charge in [-0.2, -0.15) is 4.73 Å². The molecule has 5 rings (SSSR count). The maximum Gasteiger partial charge on any atom is 0.255 e. The number of carbonyl (C=O) groups excluding carboxylic acids is 2. The van der Waals surface area contributed by atoms with E-state index in [1.807, 2.05) is 36.4 Å². The number of ketones is 1. The van der Waals surface area contributed by atoms with E-state index in [0.717, 1.165) is 15.9 Å². The number of thioether (sulfide) groups is 1. The Balaban J connectivity index is 1.39. The van der Waals surface area contributed by atoms with Crippen molar-refractivity contribution in [2.24, 2.45) is 5.92 Å². The summed E-state index contributed by atoms with van der Waals surface area (Å²) in [6.45, 7) is 3.49. The summed E-state index contributed by atoms with van der Waals surface area (Å²) < 4.78 is 13.8. The lowest BCUT2D eigenvalue weighted by Crippen LogP contribution is -2.39. The fourth-order valence-electron chi connectivity index (χ4n) is 4.85. The van der Waals surface area contributed by atoms with Crippen molar-refractivity contribution in [2.45, 2.75) is 44.0 Å². The van der Waals surface area contributed by atoms with Crippen molar-refractivity contribution in [1.82, 2.24) is 0 Å². The third-order valence-corrected chi connectivity index (χ3v) is 8.36. The van der Waals surface area contributed by atoms with Gasteiger partial charge in [0.25, 0.3) is 10.9 Å². The molecule has 1 aromatic heterocycles. The number of hydrogen-bond donors (Lipinski definition) is 2. The highest BCUT2D eigenvalue weighted by atomic mass is 32.2. The van der Waals surface area contributed by atoms with Crippen molar-refractivity contribution in [3.63, 3.8) is 0 Å². The molecule has 1 amide bonds. The van der Waals surface area contributed by atoms with Gasteiger partial charge in [0.2, 0.25) is 0 Å². The van der Waals surface area contributed by atoms with Gasteiger partial charge in [-0.25, -0.2) is 0 Å². The third-order valence-electron chi connectivity index (χ3n) is 7.26. The number of aromatic nitrogens is 1. The smallest absolute Gasteiger partial charge is 0.255 e. The van der Waals surface area contributed by atoms with Crippen LogP contribution in [-0.2, 0) is 16.1 Å². The number of Topliss-reactive ketones (excluding diaryl/α,β-unsaturated/α-hetero) is 1. The Morgan fingerprint density at radius 1 is 0.929 bits per heavy atom. The first-order chi connectivity index (χ1) is 20.3. The number of aliphatic hydroxyl groups excluding tert-OH is 1. The highest BCUT2D eigenvalue weighted by Crippen LogP contribution is 2.43. The maximum atomic E-state index is 13.2. The molecule has 3 aromatic carbocycles. The number of carbonyl (C=O) groups is 2. The highest BCUT2D eigenvalue weighted by molar-refractivity contribution is 7.99. The number of nitrogens with one attached hydrogen (secondary N) is 1. The van der Waals surface area contributed by atoms with Gasteiger partial charge < -0.3 is 25.1 Å². The number of anilines is 1. The van der Waals surface area contributed by atoms with Gasteiger partial charge in [-0.15, -0.1) is 0 Å². The number of aliphatic hydroxyl groups is 1. The summed E-state index contributed by atoms with van der Waals surface area (Å²) in [4.78, 5) is 24.9. The molecule has 2 N–H and O–H groups in total. The monoisotopic (exact) mass is 584 g/mol. The lowest BCUT2D eigenvalue weighted by Gasteiger charge is -2.41. The molecule has 4 atom stereocenters. The molecule has 42 heavy (non-hydrogen) atoms. The van der Waals surface area contributed by atoms with Gasteiger partial charge in [-0.1, -0.05) is 67.2 Å². The van der Waals surface area contributed by atoms with Gasteiger partial charge in [0.05, 0.1) is 18.8 Å². The second-order valence-electron chi connectivity index (χ2n) is 10.2. The zero-order chi connectivity index (χ0) is 29.6. The van der Waals surface area contributed by atoms with Gasteiger partial charge in [0, 0.05) is 46.2 Å². The quantitative estimate of drug-likeness (QED) is 0.110. The Morgan fingerprint density at radius 3 is 2.43 bits per heavy atom. The van der Waals surface area contributed by atoms with Crippen LogP contribution in [0.15, 0.2) is 102 Å². The van der Waals surface area contributed by atoms with E-state index in [-0.39, 0.29) is 36.4 Å². The van der Waals surface area contributed by atoms with Crippen molar-refractivity contribution in [3.05, 3.63) is 130 Å². The van der Waals surface area contributed by atoms with Crippen molar-refractivity contribution >= 4 is 29.1 Å². The van der Waals surface area contributed by atoms with Crippen molar-refractivity contribution in [1.29, 1.82) is 0 Å². The van der Waals surface area contributed by atoms with Crippen LogP contribution in [0.2, 0.25) is 0 Å². The fourth-order valence-corrected chi connectivity index (χ4v) is 5.93. The molecule has 0 aliphatic carbocycles. The SMILES string of the molecule is CC(=O)c1cccc(NC(=O)c2cccc(C3OC(CSc4cccc[n+]4[O-])C(C)C(c4ccc(CO)cc4)O3)c2)c1. The number of benzene rings is 3. The van der Waals surface area contributed by atoms with E-state index < -0.39 is 6.29 Å². The molecule has 0 spiro atoms. The van der Waals surface area contributed by atoms with Crippen LogP contribution < -0.4 is 10.0 Å². The topological polar surface area (TPSA) is 112 Å². The highest BCUT2D eigenvalue weighted by Gasteiger charge is 2.39. The van der Waals surface area contributed by atoms with Gasteiger partial charge in [-0.05, 0) is 48.4 Å². The molecule has 0 bridgehead atoms. The van der Waals surface area contributed by atoms with Crippen LogP contribution in [0.1, 0.15) is 63.6 Å². The van der Waals surface area contributed by atoms with Crippen LogP contribution in [0.3, 0.4) is 0 Å². The second kappa shape index (κ2) is 13.3. The summed E-state index contributed by atoms with van der Waals surface area (Å²) in [5, 5.41) is 25.2. The number of amides is 1. The lowest BCUT2D eigenvalue weighted by atomic mass is 9.91. The number of nitrogens with zero attached hydrogens (tertiary/aromatic N) is 1. The minimum atomic E-state index is -0.766. The van der Waals surface area contributed by atoms with Gasteiger partial charge in [0.1, 0.15) is 0 Å². The van der Waals surface area contributed by atoms with E-state index in [9.17, 15) is 19.9 Å². The fraction of sp³-hybridized carbons (Fsp3) is 0.242. The van der Waals surface area contributed by atoms with Gasteiger partial charge >= 0.3 is 0 Å². The summed E-state index contributed by atoms with van der Waals surface area (Å²) in [7, 11) is 0. The van der Waals surface area contributed by atoms with Crippen LogP contribution in [0.5, 0.6) is 0 Å². The molecule has 1 fully saturated rings. The number of hydrogen-bond acceptors (Lipinski definition) is 7. The van der Waals surface area contributed by atoms with E-state index in [1.165, 1.54) is 24.9 Å². The normalized spacial score (nSPS) is 20.2. The minimum Gasteiger partial charge on any atom is -0.618 e. The Bertz CT molecular complexity index is 1560. The molecule has 4 aromatic rings. The summed E-state index contributed by atoms with van der Waals surface area (Å²) >= 11 is 1.42. The van der Waals surface area contributed by atoms with Crippen LogP contribution in [0.4, 0.5) is 5.69 Å². The molecule has 9 heteroatoms. The van der Waals surface area contributed by atoms with E-state index in [2.05, 4.69) is 12.2 Å². The predicted molar refractivity (Wildman–Crippen MR) is 160 cm³/mol. The Morgan fingerprint density at radius 2 is 1.69 bits per heavy atom. The Kier molecular flexibility index (Phi) is 9.34. The number of rotatable bonds is 9. The zero-order valence-corrected chi connectivity index (χ0v) is 24.1. The molecule has 0 radical (unpaired) electrons. The lowest BCUT2D eigenvalue weighted by molar-refractivity contribution is -0.645. The molecule has 1 aliphatic heterocycles. The molecular weight excluding hydrogens is 552 g/mol. The molecule has 216 valence electrons. The minimum absolute atomic E-state index is 0.0491. The Hall–Kier alpha value is -4.02. The number of ether oxygens (including phenoxy) is 2. The summed E-state index contributed by atoms with van der Waals surface area (Å²) in [6, 6.07) is 26.8. The standard InChI is InChI=1S/C33H32N2O6S/c1-21-29(20-42-30-11-3-4-16-35(30)39)40-33(41-31(21)24-14-12-23(19-36)13-15-24)27-9-5-8-26(17-27)32(38)34-28-10-6-7-25(18-28)22(2)37/h3-18,21,29,31,33,36H,19-20H2,1-2H3,(H,34,38). The molecule has 2 heterocycles. The molecule has 0 saturated carbocycles. The van der Waals surface area contributed by atoms with Crippen LogP contribution in [0, 0.1) is 11.1 Å². The third kappa shape index (κ3) is 6.88. The summed E-state index contributed by atoms with van der Waals surface area (Å²) in [6.07, 6.45) is 0.100. The molecular formula is C33H32N2O6S. The predicted octanol–water partition coefficient (Wildman–Crippen LogP) is 5.85. The molecule has 8 nitrogen and oxygen atoms in total. The second-order valence-corrected chi connectivity index (χ2v) is 11.3. The van der Waals surface area contributed by atoms with Crippen molar-refractivity contribution in [3.8, 4) is 0 Å². The van der Waals surface area contributed by atoms with Crippen LogP contribution in [-0.4, -0.2) is 28.7 Å². The zero-order valence-electron chi connectivity index (χ0n) is 23.3. The first kappa shape index (κ1) is 29.5. The summed E-state index contributed by atoms with van der Waals surface area (Å²) in [5.41, 5.74) is 3.88. The van der Waals surface area contributed by atoms with E-state index in [1.54, 1.807) is 54.6 Å². The molecule has 1 aliphatic rings. The summed E-state index contributed by atoms with van der Waals surface area (Å²) in [5.74, 6) is 0.0525. The number of pyridine rings is 1. The van der Waals surface area contributed by atoms with Crippen LogP contribution in [0.25, 0.3) is 0 Å². The van der Waals surface area contributed by atoms with Gasteiger partial charge in [0.15, 0.2) is 18.3 Å². The first-order valence-electron chi connectivity index (χ1n) is 13.7. The van der Waals surface area contributed by atoms with E-state index >= 15 is 0 Å². The van der Waals surface area contributed by atoms with E-state index in [0.29, 0.717) is 33.2 Å².